The van der Waals surface area contributed by atoms with Crippen LogP contribution in [0.25, 0.3) is 10.9 Å². The van der Waals surface area contributed by atoms with Gasteiger partial charge in [0.15, 0.2) is 0 Å². The van der Waals surface area contributed by atoms with Crippen LogP contribution < -0.4 is 10.6 Å². The average molecular weight is 351 g/mol. The number of anilines is 1. The van der Waals surface area contributed by atoms with Gasteiger partial charge in [-0.25, -0.2) is 0 Å². The van der Waals surface area contributed by atoms with Crippen LogP contribution in [0.4, 0.5) is 18.9 Å². The summed E-state index contributed by atoms with van der Waals surface area (Å²) in [5.74, 6) is -0.00267. The molecule has 1 aliphatic rings. The highest BCUT2D eigenvalue weighted by atomic mass is 19.4. The first-order valence-electron chi connectivity index (χ1n) is 8.43. The van der Waals surface area contributed by atoms with Crippen molar-refractivity contribution >= 4 is 22.5 Å². The second-order valence-electron chi connectivity index (χ2n) is 6.31. The monoisotopic (exact) mass is 351 g/mol. The van der Waals surface area contributed by atoms with Crippen LogP contribution in [0.2, 0.25) is 0 Å². The normalized spacial score (nSPS) is 15.5. The first-order valence-corrected chi connectivity index (χ1v) is 8.43. The lowest BCUT2D eigenvalue weighted by atomic mass is 10.1. The molecule has 1 heterocycles. The van der Waals surface area contributed by atoms with Crippen LogP contribution in [0.1, 0.15) is 37.7 Å². The number of carbonyl (C=O) groups excluding carboxylic acids is 1. The lowest BCUT2D eigenvalue weighted by molar-refractivity contribution is -0.137. The van der Waals surface area contributed by atoms with E-state index >= 15 is 0 Å². The van der Waals surface area contributed by atoms with Crippen LogP contribution >= 0.6 is 0 Å². The van der Waals surface area contributed by atoms with Crippen LogP contribution in [0.5, 0.6) is 0 Å². The summed E-state index contributed by atoms with van der Waals surface area (Å²) in [6.07, 6.45) is 1.78. The van der Waals surface area contributed by atoms with Gasteiger partial charge in [-0.1, -0.05) is 18.9 Å². The quantitative estimate of drug-likeness (QED) is 0.852. The van der Waals surface area contributed by atoms with Gasteiger partial charge in [-0.05, 0) is 31.0 Å². The number of nitrogens with one attached hydrogen (secondary N) is 2. The first-order chi connectivity index (χ1) is 11.9. The summed E-state index contributed by atoms with van der Waals surface area (Å²) < 4.78 is 38.4. The summed E-state index contributed by atoms with van der Waals surface area (Å²) >= 11 is 0. The third-order valence-corrected chi connectivity index (χ3v) is 4.46. The number of hydrogen-bond acceptors (Lipinski definition) is 3. The van der Waals surface area contributed by atoms with Gasteiger partial charge in [0, 0.05) is 36.3 Å². The summed E-state index contributed by atoms with van der Waals surface area (Å²) in [6, 6.07) is 5.47. The Hall–Kier alpha value is -2.31. The molecule has 1 amide bonds. The largest absolute Gasteiger partial charge is 0.416 e. The third-order valence-electron chi connectivity index (χ3n) is 4.46. The number of benzene rings is 1. The molecule has 1 saturated carbocycles. The van der Waals surface area contributed by atoms with Crippen LogP contribution in [0, 0.1) is 0 Å². The van der Waals surface area contributed by atoms with E-state index in [9.17, 15) is 18.0 Å². The number of hydrogen-bond donors (Lipinski definition) is 2. The highest BCUT2D eigenvalue weighted by molar-refractivity contribution is 5.91. The fraction of sp³-hybridized carbons (Fsp3) is 0.444. The zero-order valence-corrected chi connectivity index (χ0v) is 13.7. The van der Waals surface area contributed by atoms with Crippen LogP contribution in [-0.4, -0.2) is 23.5 Å². The van der Waals surface area contributed by atoms with Gasteiger partial charge in [-0.3, -0.25) is 9.78 Å². The highest BCUT2D eigenvalue weighted by Gasteiger charge is 2.30. The summed E-state index contributed by atoms with van der Waals surface area (Å²) in [7, 11) is 0. The SMILES string of the molecule is O=C(CCNc1ccnc2cc(C(F)(F)F)ccc12)NC1CCCC1. The minimum atomic E-state index is -4.39. The van der Waals surface area contributed by atoms with Gasteiger partial charge in [-0.15, -0.1) is 0 Å². The van der Waals surface area contributed by atoms with E-state index in [1.165, 1.54) is 12.3 Å². The number of carbonyl (C=O) groups is 1. The van der Waals surface area contributed by atoms with Gasteiger partial charge < -0.3 is 10.6 Å². The molecule has 0 spiro atoms. The van der Waals surface area contributed by atoms with Crippen molar-refractivity contribution in [3.05, 3.63) is 36.0 Å². The molecule has 3 rings (SSSR count). The second kappa shape index (κ2) is 7.29. The Labute approximate surface area is 143 Å². The molecule has 25 heavy (non-hydrogen) atoms. The highest BCUT2D eigenvalue weighted by Crippen LogP contribution is 2.32. The number of halogens is 3. The van der Waals surface area contributed by atoms with Crippen molar-refractivity contribution in [3.8, 4) is 0 Å². The van der Waals surface area contributed by atoms with Crippen molar-refractivity contribution in [1.82, 2.24) is 10.3 Å². The maximum absolute atomic E-state index is 12.8. The zero-order valence-electron chi connectivity index (χ0n) is 13.7. The average Bonchev–Trinajstić information content (AvgIpc) is 3.06. The molecule has 134 valence electrons. The fourth-order valence-corrected chi connectivity index (χ4v) is 3.16. The Bertz CT molecular complexity index is 755. The fourth-order valence-electron chi connectivity index (χ4n) is 3.16. The van der Waals surface area contributed by atoms with Crippen molar-refractivity contribution in [1.29, 1.82) is 0 Å². The zero-order chi connectivity index (χ0) is 17.9. The Morgan fingerprint density at radius 3 is 2.68 bits per heavy atom. The summed E-state index contributed by atoms with van der Waals surface area (Å²) in [6.45, 7) is 0.415. The van der Waals surface area contributed by atoms with Crippen molar-refractivity contribution in [2.24, 2.45) is 0 Å². The smallest absolute Gasteiger partial charge is 0.384 e. The van der Waals surface area contributed by atoms with E-state index in [1.54, 1.807) is 6.07 Å². The lowest BCUT2D eigenvalue weighted by Gasteiger charge is -2.13. The van der Waals surface area contributed by atoms with E-state index in [0.717, 1.165) is 37.8 Å². The molecule has 1 fully saturated rings. The number of fused-ring (bicyclic) bond motifs is 1. The van der Waals surface area contributed by atoms with Gasteiger partial charge in [0.1, 0.15) is 0 Å². The topological polar surface area (TPSA) is 54.0 Å². The molecular weight excluding hydrogens is 331 g/mol. The van der Waals surface area contributed by atoms with Crippen molar-refractivity contribution < 1.29 is 18.0 Å². The molecule has 7 heteroatoms. The molecule has 0 bridgehead atoms. The van der Waals surface area contributed by atoms with E-state index in [1.807, 2.05) is 0 Å². The Morgan fingerprint density at radius 2 is 1.96 bits per heavy atom. The van der Waals surface area contributed by atoms with Gasteiger partial charge in [0.2, 0.25) is 5.91 Å². The minimum Gasteiger partial charge on any atom is -0.384 e. The van der Waals surface area contributed by atoms with Gasteiger partial charge in [0.05, 0.1) is 11.1 Å². The van der Waals surface area contributed by atoms with Crippen molar-refractivity contribution in [3.63, 3.8) is 0 Å². The Balaban J connectivity index is 1.62. The summed E-state index contributed by atoms with van der Waals surface area (Å²) in [5, 5.41) is 6.73. The van der Waals surface area contributed by atoms with E-state index in [-0.39, 0.29) is 17.5 Å². The molecule has 2 N–H and O–H groups in total. The van der Waals surface area contributed by atoms with Crippen LogP contribution in [0.15, 0.2) is 30.5 Å². The van der Waals surface area contributed by atoms with E-state index < -0.39 is 11.7 Å². The molecule has 4 nitrogen and oxygen atoms in total. The number of pyridine rings is 1. The van der Waals surface area contributed by atoms with Crippen molar-refractivity contribution in [2.45, 2.75) is 44.3 Å². The lowest BCUT2D eigenvalue weighted by Crippen LogP contribution is -2.33. The molecule has 1 aliphatic carbocycles. The molecule has 1 aromatic carbocycles. The van der Waals surface area contributed by atoms with E-state index in [4.69, 9.17) is 0 Å². The Morgan fingerprint density at radius 1 is 1.20 bits per heavy atom. The third kappa shape index (κ3) is 4.41. The number of aromatic nitrogens is 1. The molecule has 0 atom stereocenters. The summed E-state index contributed by atoms with van der Waals surface area (Å²) in [5.41, 5.74) is 0.225. The maximum Gasteiger partial charge on any atom is 0.416 e. The number of rotatable bonds is 5. The van der Waals surface area contributed by atoms with Gasteiger partial charge in [-0.2, -0.15) is 13.2 Å². The number of alkyl halides is 3. The minimum absolute atomic E-state index is 0.00267. The molecule has 0 saturated heterocycles. The first kappa shape index (κ1) is 17.5. The maximum atomic E-state index is 12.8. The van der Waals surface area contributed by atoms with Gasteiger partial charge in [0.25, 0.3) is 0 Å². The second-order valence-corrected chi connectivity index (χ2v) is 6.31. The van der Waals surface area contributed by atoms with Crippen LogP contribution in [0.3, 0.4) is 0 Å². The predicted molar refractivity (Wildman–Crippen MR) is 90.3 cm³/mol. The van der Waals surface area contributed by atoms with Crippen LogP contribution in [-0.2, 0) is 11.0 Å². The number of amides is 1. The van der Waals surface area contributed by atoms with E-state index in [2.05, 4.69) is 15.6 Å². The predicted octanol–water partition coefficient (Wildman–Crippen LogP) is 4.11. The van der Waals surface area contributed by atoms with E-state index in [0.29, 0.717) is 24.0 Å². The summed E-state index contributed by atoms with van der Waals surface area (Å²) in [4.78, 5) is 15.9. The van der Waals surface area contributed by atoms with Gasteiger partial charge >= 0.3 is 6.18 Å². The molecular formula is C18H20F3N3O. The number of nitrogens with zero attached hydrogens (tertiary/aromatic N) is 1. The standard InChI is InChI=1S/C18H20F3N3O/c19-18(20,21)12-5-6-14-15(7-9-23-16(14)11-12)22-10-8-17(25)24-13-3-1-2-4-13/h5-7,9,11,13H,1-4,8,10H2,(H,22,23)(H,24,25). The molecule has 0 aliphatic heterocycles. The molecule has 1 aromatic heterocycles. The molecule has 0 radical (unpaired) electrons. The molecule has 2 aromatic rings. The Kier molecular flexibility index (Phi) is 5.11. The van der Waals surface area contributed by atoms with Crippen molar-refractivity contribution in [2.75, 3.05) is 11.9 Å². The molecule has 0 unspecified atom stereocenters.